The Hall–Kier alpha value is -0.950. The summed E-state index contributed by atoms with van der Waals surface area (Å²) in [5.41, 5.74) is 4.72. The molecule has 0 fully saturated rings. The molecule has 3 N–H and O–H groups in total. The summed E-state index contributed by atoms with van der Waals surface area (Å²) in [6.45, 7) is 2.90. The molecule has 1 aromatic carbocycles. The van der Waals surface area contributed by atoms with Gasteiger partial charge in [-0.05, 0) is 24.1 Å². The summed E-state index contributed by atoms with van der Waals surface area (Å²) in [4.78, 5) is 0. The molecule has 2 aromatic rings. The smallest absolute Gasteiger partial charge is 0.0905 e. The van der Waals surface area contributed by atoms with Crippen molar-refractivity contribution in [1.29, 1.82) is 0 Å². The number of halogens is 2. The van der Waals surface area contributed by atoms with E-state index >= 15 is 0 Å². The molecule has 0 saturated heterocycles. The molecule has 1 unspecified atom stereocenters. The Morgan fingerprint density at radius 1 is 1.53 bits per heavy atom. The van der Waals surface area contributed by atoms with Crippen LogP contribution >= 0.6 is 27.5 Å². The summed E-state index contributed by atoms with van der Waals surface area (Å²) in [6, 6.07) is 5.42. The summed E-state index contributed by atoms with van der Waals surface area (Å²) in [7, 11) is 0. The summed E-state index contributed by atoms with van der Waals surface area (Å²) in [5.74, 6) is 5.70. The van der Waals surface area contributed by atoms with Gasteiger partial charge in [0.2, 0.25) is 0 Å². The highest BCUT2D eigenvalue weighted by Gasteiger charge is 2.20. The zero-order valence-corrected chi connectivity index (χ0v) is 12.8. The van der Waals surface area contributed by atoms with Crippen LogP contribution in [-0.4, -0.2) is 15.0 Å². The summed E-state index contributed by atoms with van der Waals surface area (Å²) >= 11 is 9.47. The van der Waals surface area contributed by atoms with E-state index in [0.29, 0.717) is 5.02 Å². The molecule has 1 heterocycles. The van der Waals surface area contributed by atoms with Crippen LogP contribution < -0.4 is 11.3 Å². The zero-order valence-electron chi connectivity index (χ0n) is 10.5. The third-order valence-corrected chi connectivity index (χ3v) is 3.74. The van der Waals surface area contributed by atoms with Crippen LogP contribution in [0.5, 0.6) is 0 Å². The second-order valence-electron chi connectivity index (χ2n) is 4.15. The van der Waals surface area contributed by atoms with Crippen LogP contribution in [0.1, 0.15) is 30.6 Å². The molecule has 0 amide bonds. The lowest BCUT2D eigenvalue weighted by atomic mass is 10.0. The minimum atomic E-state index is -0.187. The van der Waals surface area contributed by atoms with Crippen LogP contribution in [0.4, 0.5) is 0 Å². The van der Waals surface area contributed by atoms with Gasteiger partial charge in [-0.2, -0.15) is 0 Å². The van der Waals surface area contributed by atoms with Gasteiger partial charge in [-0.25, -0.2) is 10.1 Å². The van der Waals surface area contributed by atoms with E-state index in [1.54, 1.807) is 6.20 Å². The first-order valence-corrected chi connectivity index (χ1v) is 7.14. The van der Waals surface area contributed by atoms with Crippen molar-refractivity contribution in [3.05, 3.63) is 45.1 Å². The van der Waals surface area contributed by atoms with E-state index < -0.39 is 0 Å². The van der Waals surface area contributed by atoms with Crippen LogP contribution in [0.2, 0.25) is 5.02 Å². The number of nitrogens with one attached hydrogen (secondary N) is 1. The molecule has 2 rings (SSSR count). The Labute approximate surface area is 125 Å². The third-order valence-electron chi connectivity index (χ3n) is 2.82. The number of rotatable bonds is 5. The Kier molecular flexibility index (Phi) is 4.93. The number of aromatic nitrogens is 3. The van der Waals surface area contributed by atoms with Gasteiger partial charge in [0.1, 0.15) is 0 Å². The van der Waals surface area contributed by atoms with Crippen LogP contribution in [-0.2, 0) is 6.54 Å². The fraction of sp³-hybridized carbons (Fsp3) is 0.333. The topological polar surface area (TPSA) is 68.8 Å². The Balaban J connectivity index is 2.41. The number of nitrogens with two attached hydrogens (primary N) is 1. The summed E-state index contributed by atoms with van der Waals surface area (Å²) < 4.78 is 2.75. The number of nitrogens with zero attached hydrogens (tertiary/aromatic N) is 3. The van der Waals surface area contributed by atoms with Gasteiger partial charge in [-0.1, -0.05) is 45.7 Å². The van der Waals surface area contributed by atoms with E-state index in [0.717, 1.165) is 28.7 Å². The van der Waals surface area contributed by atoms with Crippen molar-refractivity contribution in [3.8, 4) is 0 Å². The molecule has 1 aromatic heterocycles. The lowest BCUT2D eigenvalue weighted by Crippen LogP contribution is -2.31. The standard InChI is InChI=1S/C12H15BrClN5/c1-2-5-19-11(7-16-18-19)12(17-15)9-4-3-8(14)6-10(9)13/h3-4,6-7,12,17H,2,5,15H2,1H3. The molecule has 19 heavy (non-hydrogen) atoms. The fourth-order valence-corrected chi connectivity index (χ4v) is 2.86. The fourth-order valence-electron chi connectivity index (χ4n) is 1.94. The number of hydrogen-bond acceptors (Lipinski definition) is 4. The van der Waals surface area contributed by atoms with E-state index in [-0.39, 0.29) is 6.04 Å². The van der Waals surface area contributed by atoms with Crippen molar-refractivity contribution in [2.24, 2.45) is 5.84 Å². The largest absolute Gasteiger partial charge is 0.271 e. The van der Waals surface area contributed by atoms with E-state index in [1.165, 1.54) is 0 Å². The molecule has 0 aliphatic carbocycles. The van der Waals surface area contributed by atoms with E-state index in [1.807, 2.05) is 22.9 Å². The van der Waals surface area contributed by atoms with Crippen molar-refractivity contribution in [2.75, 3.05) is 0 Å². The molecule has 1 atom stereocenters. The second kappa shape index (κ2) is 6.47. The lowest BCUT2D eigenvalue weighted by Gasteiger charge is -2.18. The number of hydrogen-bond donors (Lipinski definition) is 2. The highest BCUT2D eigenvalue weighted by Crippen LogP contribution is 2.30. The lowest BCUT2D eigenvalue weighted by molar-refractivity contribution is 0.511. The average molecular weight is 345 g/mol. The minimum Gasteiger partial charge on any atom is -0.271 e. The van der Waals surface area contributed by atoms with Gasteiger partial charge in [0.25, 0.3) is 0 Å². The van der Waals surface area contributed by atoms with Crippen molar-refractivity contribution in [2.45, 2.75) is 25.9 Å². The molecule has 0 spiro atoms. The van der Waals surface area contributed by atoms with Crippen molar-refractivity contribution >= 4 is 27.5 Å². The van der Waals surface area contributed by atoms with Gasteiger partial charge < -0.3 is 0 Å². The summed E-state index contributed by atoms with van der Waals surface area (Å²) in [6.07, 6.45) is 2.71. The Morgan fingerprint density at radius 3 is 2.95 bits per heavy atom. The number of hydrazine groups is 1. The van der Waals surface area contributed by atoms with Gasteiger partial charge in [-0.15, -0.1) is 5.10 Å². The van der Waals surface area contributed by atoms with Crippen molar-refractivity contribution in [3.63, 3.8) is 0 Å². The molecule has 7 heteroatoms. The monoisotopic (exact) mass is 343 g/mol. The third kappa shape index (κ3) is 3.14. The van der Waals surface area contributed by atoms with Gasteiger partial charge in [-0.3, -0.25) is 5.84 Å². The zero-order chi connectivity index (χ0) is 13.8. The van der Waals surface area contributed by atoms with E-state index in [4.69, 9.17) is 17.4 Å². The maximum absolute atomic E-state index is 5.96. The molecule has 0 radical (unpaired) electrons. The first kappa shape index (κ1) is 14.5. The van der Waals surface area contributed by atoms with Crippen LogP contribution in [0.3, 0.4) is 0 Å². The average Bonchev–Trinajstić information content (AvgIpc) is 2.82. The molecule has 5 nitrogen and oxygen atoms in total. The maximum Gasteiger partial charge on any atom is 0.0905 e. The molecule has 0 aliphatic heterocycles. The normalized spacial score (nSPS) is 12.6. The van der Waals surface area contributed by atoms with Crippen LogP contribution in [0.25, 0.3) is 0 Å². The Bertz CT molecular complexity index is 557. The van der Waals surface area contributed by atoms with Crippen molar-refractivity contribution in [1.82, 2.24) is 20.4 Å². The molecule has 0 bridgehead atoms. The molecular formula is C12H15BrClN5. The van der Waals surface area contributed by atoms with Crippen LogP contribution in [0.15, 0.2) is 28.9 Å². The maximum atomic E-state index is 5.96. The van der Waals surface area contributed by atoms with E-state index in [2.05, 4.69) is 38.6 Å². The van der Waals surface area contributed by atoms with Gasteiger partial charge in [0, 0.05) is 16.0 Å². The number of benzene rings is 1. The number of aryl methyl sites for hydroxylation is 1. The second-order valence-corrected chi connectivity index (χ2v) is 5.44. The first-order valence-electron chi connectivity index (χ1n) is 5.96. The molecule has 0 aliphatic rings. The van der Waals surface area contributed by atoms with Gasteiger partial charge >= 0.3 is 0 Å². The van der Waals surface area contributed by atoms with E-state index in [9.17, 15) is 0 Å². The highest BCUT2D eigenvalue weighted by atomic mass is 79.9. The first-order chi connectivity index (χ1) is 9.17. The van der Waals surface area contributed by atoms with Crippen LogP contribution in [0, 0.1) is 0 Å². The van der Waals surface area contributed by atoms with Gasteiger partial charge in [0.15, 0.2) is 0 Å². The highest BCUT2D eigenvalue weighted by molar-refractivity contribution is 9.10. The predicted octanol–water partition coefficient (Wildman–Crippen LogP) is 2.66. The minimum absolute atomic E-state index is 0.187. The molecule has 0 saturated carbocycles. The molecular weight excluding hydrogens is 330 g/mol. The van der Waals surface area contributed by atoms with Gasteiger partial charge in [0.05, 0.1) is 17.9 Å². The van der Waals surface area contributed by atoms with Crippen molar-refractivity contribution < 1.29 is 0 Å². The summed E-state index contributed by atoms with van der Waals surface area (Å²) in [5, 5.41) is 8.71. The Morgan fingerprint density at radius 2 is 2.32 bits per heavy atom. The molecule has 102 valence electrons. The quantitative estimate of drug-likeness (QED) is 0.646. The predicted molar refractivity (Wildman–Crippen MR) is 78.6 cm³/mol. The SMILES string of the molecule is CCCn1nncc1C(NN)c1ccc(Cl)cc1Br.